The first-order chi connectivity index (χ1) is 12.1. The van der Waals surface area contributed by atoms with Gasteiger partial charge < -0.3 is 5.32 Å². The van der Waals surface area contributed by atoms with Crippen LogP contribution in [-0.2, 0) is 6.54 Å². The van der Waals surface area contributed by atoms with Crippen molar-refractivity contribution in [2.45, 2.75) is 20.4 Å². The Morgan fingerprint density at radius 3 is 2.76 bits per heavy atom. The molecule has 0 aliphatic carbocycles. The molecule has 0 spiro atoms. The molecular formula is C18H16N4OS2. The Balaban J connectivity index is 2.17. The van der Waals surface area contributed by atoms with Gasteiger partial charge in [-0.25, -0.2) is 4.98 Å². The van der Waals surface area contributed by atoms with Crippen molar-refractivity contribution in [3.63, 3.8) is 0 Å². The van der Waals surface area contributed by atoms with E-state index in [9.17, 15) is 10.1 Å². The molecule has 0 radical (unpaired) electrons. The fourth-order valence-electron chi connectivity index (χ4n) is 2.33. The molecule has 0 saturated carbocycles. The molecular weight excluding hydrogens is 352 g/mol. The number of nitrogens with one attached hydrogen (secondary N) is 1. The van der Waals surface area contributed by atoms with E-state index in [-0.39, 0.29) is 5.56 Å². The molecule has 7 heteroatoms. The van der Waals surface area contributed by atoms with Gasteiger partial charge in [0, 0.05) is 29.5 Å². The van der Waals surface area contributed by atoms with E-state index in [1.807, 2.05) is 49.6 Å². The molecule has 0 aliphatic rings. The number of thiazole rings is 2. The third kappa shape index (κ3) is 3.55. The largest absolute Gasteiger partial charge is 0.360 e. The lowest BCUT2D eigenvalue weighted by Crippen LogP contribution is -2.31. The van der Waals surface area contributed by atoms with Crippen molar-refractivity contribution in [3.8, 4) is 6.07 Å². The van der Waals surface area contributed by atoms with Gasteiger partial charge in [-0.3, -0.25) is 9.36 Å². The number of nitrogens with zero attached hydrogens (tertiary/aromatic N) is 3. The maximum absolute atomic E-state index is 12.7. The Bertz CT molecular complexity index is 1100. The minimum absolute atomic E-state index is 0.105. The van der Waals surface area contributed by atoms with Crippen LogP contribution in [0, 0.1) is 18.3 Å². The molecule has 2 aromatic heterocycles. The average Bonchev–Trinajstić information content (AvgIpc) is 3.18. The summed E-state index contributed by atoms with van der Waals surface area (Å²) < 4.78 is 2.82. The molecule has 0 amide bonds. The van der Waals surface area contributed by atoms with Gasteiger partial charge in [0.15, 0.2) is 0 Å². The van der Waals surface area contributed by atoms with E-state index < -0.39 is 0 Å². The highest BCUT2D eigenvalue weighted by atomic mass is 32.1. The van der Waals surface area contributed by atoms with Gasteiger partial charge in [0.05, 0.1) is 0 Å². The van der Waals surface area contributed by atoms with Crippen LogP contribution in [0.5, 0.6) is 0 Å². The van der Waals surface area contributed by atoms with Crippen LogP contribution in [0.4, 0.5) is 5.69 Å². The third-order valence-electron chi connectivity index (χ3n) is 3.53. The Morgan fingerprint density at radius 1 is 1.40 bits per heavy atom. The van der Waals surface area contributed by atoms with Crippen molar-refractivity contribution >= 4 is 40.1 Å². The van der Waals surface area contributed by atoms with Gasteiger partial charge >= 0.3 is 0 Å². The maximum atomic E-state index is 12.7. The predicted octanol–water partition coefficient (Wildman–Crippen LogP) is 2.27. The maximum Gasteiger partial charge on any atom is 0.270 e. The van der Waals surface area contributed by atoms with E-state index in [1.54, 1.807) is 10.8 Å². The van der Waals surface area contributed by atoms with Crippen LogP contribution in [0.25, 0.3) is 11.8 Å². The lowest BCUT2D eigenvalue weighted by Gasteiger charge is -1.97. The lowest BCUT2D eigenvalue weighted by molar-refractivity contribution is 0.721. The lowest BCUT2D eigenvalue weighted by atomic mass is 10.3. The molecule has 1 aromatic carbocycles. The van der Waals surface area contributed by atoms with Crippen molar-refractivity contribution in [1.82, 2.24) is 9.55 Å². The molecule has 3 aromatic rings. The smallest absolute Gasteiger partial charge is 0.270 e. The summed E-state index contributed by atoms with van der Waals surface area (Å²) in [5.41, 5.74) is 2.11. The number of aryl methyl sites for hydroxylation is 1. The summed E-state index contributed by atoms with van der Waals surface area (Å²) in [5, 5.41) is 15.3. The Kier molecular flexibility index (Phi) is 5.12. The van der Waals surface area contributed by atoms with E-state index in [0.717, 1.165) is 11.4 Å². The summed E-state index contributed by atoms with van der Waals surface area (Å²) in [6.45, 7) is 4.28. The monoisotopic (exact) mass is 368 g/mol. The summed E-state index contributed by atoms with van der Waals surface area (Å²) in [5.74, 6) is 0. The topological polar surface area (TPSA) is 70.7 Å². The van der Waals surface area contributed by atoms with Crippen LogP contribution in [0.15, 0.2) is 40.5 Å². The minimum Gasteiger partial charge on any atom is -0.360 e. The molecule has 126 valence electrons. The summed E-state index contributed by atoms with van der Waals surface area (Å²) in [7, 11) is 0. The van der Waals surface area contributed by atoms with E-state index >= 15 is 0 Å². The highest BCUT2D eigenvalue weighted by Crippen LogP contribution is 2.16. The van der Waals surface area contributed by atoms with Gasteiger partial charge in [0.2, 0.25) is 0 Å². The molecule has 0 bridgehead atoms. The molecule has 0 saturated heterocycles. The van der Waals surface area contributed by atoms with Crippen LogP contribution in [-0.4, -0.2) is 9.55 Å². The van der Waals surface area contributed by atoms with Crippen LogP contribution >= 0.6 is 22.7 Å². The fraction of sp³-hybridized carbons (Fsp3) is 0.167. The number of anilines is 1. The number of hydrogen-bond donors (Lipinski definition) is 1. The van der Waals surface area contributed by atoms with Gasteiger partial charge in [-0.05, 0) is 26.0 Å². The summed E-state index contributed by atoms with van der Waals surface area (Å²) in [4.78, 5) is 17.1. The van der Waals surface area contributed by atoms with Crippen molar-refractivity contribution in [2.24, 2.45) is 0 Å². The summed E-state index contributed by atoms with van der Waals surface area (Å²) in [6, 6.07) is 11.8. The Hall–Kier alpha value is -2.69. The molecule has 0 fully saturated rings. The molecule has 2 heterocycles. The van der Waals surface area contributed by atoms with Crippen LogP contribution in [0.3, 0.4) is 0 Å². The summed E-state index contributed by atoms with van der Waals surface area (Å²) >= 11 is 2.72. The molecule has 0 aliphatic heterocycles. The number of hydrogen-bond acceptors (Lipinski definition) is 6. The minimum atomic E-state index is -0.105. The zero-order chi connectivity index (χ0) is 17.8. The van der Waals surface area contributed by atoms with Gasteiger partial charge in [0.25, 0.3) is 5.56 Å². The predicted molar refractivity (Wildman–Crippen MR) is 103 cm³/mol. The standard InChI is InChI=1S/C18H16N4OS2/c1-3-22-17(23)15(10-20-13-7-5-4-6-8-13)25-18(22)14(9-19)16-21-12(2)11-24-16/h4-8,10-11,20H,3H2,1-2H3. The number of rotatable bonds is 4. The first-order valence-electron chi connectivity index (χ1n) is 7.72. The van der Waals surface area contributed by atoms with E-state index in [1.165, 1.54) is 22.7 Å². The van der Waals surface area contributed by atoms with Crippen LogP contribution < -0.4 is 20.1 Å². The molecule has 0 unspecified atom stereocenters. The normalized spacial score (nSPS) is 12.8. The second-order valence-corrected chi connectivity index (χ2v) is 7.15. The van der Waals surface area contributed by atoms with Crippen molar-refractivity contribution in [2.75, 3.05) is 5.32 Å². The van der Waals surface area contributed by atoms with Crippen LogP contribution in [0.2, 0.25) is 0 Å². The number of benzene rings is 1. The quantitative estimate of drug-likeness (QED) is 0.767. The Morgan fingerprint density at radius 2 is 2.16 bits per heavy atom. The second kappa shape index (κ2) is 7.47. The van der Waals surface area contributed by atoms with Crippen LogP contribution in [0.1, 0.15) is 17.6 Å². The zero-order valence-electron chi connectivity index (χ0n) is 13.8. The third-order valence-corrected chi connectivity index (χ3v) is 5.63. The van der Waals surface area contributed by atoms with Crippen molar-refractivity contribution < 1.29 is 0 Å². The van der Waals surface area contributed by atoms with Gasteiger partial charge in [-0.1, -0.05) is 18.2 Å². The van der Waals surface area contributed by atoms with E-state index in [0.29, 0.717) is 26.3 Å². The molecule has 1 N–H and O–H groups in total. The molecule has 25 heavy (non-hydrogen) atoms. The molecule has 0 atom stereocenters. The van der Waals surface area contributed by atoms with Gasteiger partial charge in [0.1, 0.15) is 25.8 Å². The average molecular weight is 368 g/mol. The fourth-order valence-corrected chi connectivity index (χ4v) is 4.28. The van der Waals surface area contributed by atoms with Gasteiger partial charge in [-0.2, -0.15) is 5.26 Å². The highest BCUT2D eigenvalue weighted by molar-refractivity contribution is 7.11. The second-order valence-electron chi connectivity index (χ2n) is 5.26. The highest BCUT2D eigenvalue weighted by Gasteiger charge is 2.12. The van der Waals surface area contributed by atoms with E-state index in [4.69, 9.17) is 0 Å². The number of nitriles is 1. The molecule has 3 rings (SSSR count). The van der Waals surface area contributed by atoms with Crippen molar-refractivity contribution in [3.05, 3.63) is 66.0 Å². The number of para-hydroxylation sites is 1. The Labute approximate surface area is 152 Å². The molecule has 5 nitrogen and oxygen atoms in total. The van der Waals surface area contributed by atoms with Crippen molar-refractivity contribution in [1.29, 1.82) is 5.26 Å². The summed E-state index contributed by atoms with van der Waals surface area (Å²) in [6.07, 6.45) is 1.69. The first-order valence-corrected chi connectivity index (χ1v) is 9.42. The number of aromatic nitrogens is 2. The van der Waals surface area contributed by atoms with Gasteiger partial charge in [-0.15, -0.1) is 22.7 Å². The SMILES string of the molecule is CCn1c(=C(C#N)c2nc(C)cs2)sc(=CNc2ccccc2)c1=O. The first kappa shape index (κ1) is 17.1. The van der Waals surface area contributed by atoms with E-state index in [2.05, 4.69) is 16.4 Å². The zero-order valence-corrected chi connectivity index (χ0v) is 15.4.